The van der Waals surface area contributed by atoms with E-state index in [4.69, 9.17) is 0 Å². The van der Waals surface area contributed by atoms with Crippen LogP contribution < -0.4 is 5.32 Å². The lowest BCUT2D eigenvalue weighted by atomic mass is 10.1. The fraction of sp³-hybridized carbons (Fsp3) is 0.467. The summed E-state index contributed by atoms with van der Waals surface area (Å²) in [4.78, 5) is 25.0. The van der Waals surface area contributed by atoms with Gasteiger partial charge in [0, 0.05) is 31.1 Å². The van der Waals surface area contributed by atoms with E-state index >= 15 is 0 Å². The molecule has 0 saturated heterocycles. The Bertz CT molecular complexity index is 478. The van der Waals surface area contributed by atoms with Crippen molar-refractivity contribution < 1.29 is 14.0 Å². The summed E-state index contributed by atoms with van der Waals surface area (Å²) in [6.45, 7) is 7.61. The number of carbonyl (C=O) groups excluding carboxylic acids is 2. The lowest BCUT2D eigenvalue weighted by Crippen LogP contribution is -2.45. The van der Waals surface area contributed by atoms with Crippen LogP contribution in [0.3, 0.4) is 0 Å². The normalized spacial score (nSPS) is 11.1. The maximum atomic E-state index is 12.7. The van der Waals surface area contributed by atoms with Gasteiger partial charge in [0.25, 0.3) is 0 Å². The summed E-state index contributed by atoms with van der Waals surface area (Å²) in [6.07, 6.45) is 0.203. The Labute approximate surface area is 119 Å². The van der Waals surface area contributed by atoms with Crippen molar-refractivity contribution in [3.8, 4) is 0 Å². The van der Waals surface area contributed by atoms with Crippen molar-refractivity contribution in [3.05, 3.63) is 30.1 Å². The van der Waals surface area contributed by atoms with Crippen molar-refractivity contribution in [2.75, 3.05) is 11.9 Å². The molecule has 2 amide bonds. The fourth-order valence-corrected chi connectivity index (χ4v) is 1.94. The Morgan fingerprint density at radius 1 is 1.20 bits per heavy atom. The van der Waals surface area contributed by atoms with Crippen LogP contribution in [0.15, 0.2) is 24.3 Å². The molecule has 4 nitrogen and oxygen atoms in total. The second kappa shape index (κ2) is 6.50. The Kier molecular flexibility index (Phi) is 5.25. The first-order valence-corrected chi connectivity index (χ1v) is 6.54. The Hall–Kier alpha value is -1.91. The second-order valence-electron chi connectivity index (χ2n) is 5.65. The van der Waals surface area contributed by atoms with Gasteiger partial charge in [-0.25, -0.2) is 4.39 Å². The summed E-state index contributed by atoms with van der Waals surface area (Å²) >= 11 is 0. The molecule has 0 spiro atoms. The molecular formula is C15H21FN2O2. The third-order valence-corrected chi connectivity index (χ3v) is 2.88. The van der Waals surface area contributed by atoms with Gasteiger partial charge < -0.3 is 10.2 Å². The second-order valence-corrected chi connectivity index (χ2v) is 5.65. The number of carbonyl (C=O) groups is 2. The summed E-state index contributed by atoms with van der Waals surface area (Å²) < 4.78 is 12.7. The number of benzene rings is 1. The van der Waals surface area contributed by atoms with Crippen molar-refractivity contribution in [2.24, 2.45) is 0 Å². The van der Waals surface area contributed by atoms with Crippen LogP contribution in [0.2, 0.25) is 0 Å². The van der Waals surface area contributed by atoms with Crippen molar-refractivity contribution in [3.63, 3.8) is 0 Å². The smallest absolute Gasteiger partial charge is 0.226 e. The molecule has 0 radical (unpaired) electrons. The largest absolute Gasteiger partial charge is 0.338 e. The van der Waals surface area contributed by atoms with Crippen molar-refractivity contribution in [1.29, 1.82) is 0 Å². The molecule has 1 aromatic rings. The first kappa shape index (κ1) is 16.1. The molecular weight excluding hydrogens is 259 g/mol. The van der Waals surface area contributed by atoms with Gasteiger partial charge >= 0.3 is 0 Å². The lowest BCUT2D eigenvalue weighted by Gasteiger charge is -2.34. The highest BCUT2D eigenvalue weighted by Crippen LogP contribution is 2.14. The van der Waals surface area contributed by atoms with Crippen molar-refractivity contribution in [2.45, 2.75) is 39.7 Å². The molecule has 20 heavy (non-hydrogen) atoms. The van der Waals surface area contributed by atoms with E-state index < -0.39 is 0 Å². The van der Waals surface area contributed by atoms with Crippen LogP contribution in [-0.2, 0) is 9.59 Å². The third kappa shape index (κ3) is 4.99. The van der Waals surface area contributed by atoms with Crippen LogP contribution in [0.1, 0.15) is 34.1 Å². The topological polar surface area (TPSA) is 49.4 Å². The predicted octanol–water partition coefficient (Wildman–Crippen LogP) is 2.80. The lowest BCUT2D eigenvalue weighted by molar-refractivity contribution is -0.134. The SMILES string of the molecule is CC(=O)N(CCC(=O)Nc1ccc(F)cc1)C(C)(C)C. The number of anilines is 1. The predicted molar refractivity (Wildman–Crippen MR) is 76.8 cm³/mol. The molecule has 0 unspecified atom stereocenters. The quantitative estimate of drug-likeness (QED) is 0.922. The summed E-state index contributed by atoms with van der Waals surface area (Å²) in [5, 5.41) is 2.67. The van der Waals surface area contributed by atoms with Gasteiger partial charge in [0.2, 0.25) is 11.8 Å². The number of nitrogens with one attached hydrogen (secondary N) is 1. The number of hydrogen-bond donors (Lipinski definition) is 1. The van der Waals surface area contributed by atoms with Crippen LogP contribution in [-0.4, -0.2) is 28.8 Å². The van der Waals surface area contributed by atoms with E-state index in [1.54, 1.807) is 4.90 Å². The van der Waals surface area contributed by atoms with Gasteiger partial charge in [-0.3, -0.25) is 9.59 Å². The first-order chi connectivity index (χ1) is 9.20. The van der Waals surface area contributed by atoms with E-state index in [1.807, 2.05) is 20.8 Å². The molecule has 1 aromatic carbocycles. The highest BCUT2D eigenvalue weighted by Gasteiger charge is 2.23. The molecule has 0 fully saturated rings. The van der Waals surface area contributed by atoms with Crippen LogP contribution in [0.5, 0.6) is 0 Å². The number of hydrogen-bond acceptors (Lipinski definition) is 2. The van der Waals surface area contributed by atoms with E-state index in [0.717, 1.165) is 0 Å². The van der Waals surface area contributed by atoms with E-state index in [2.05, 4.69) is 5.32 Å². The van der Waals surface area contributed by atoms with Crippen LogP contribution in [0.4, 0.5) is 10.1 Å². The fourth-order valence-electron chi connectivity index (χ4n) is 1.94. The number of rotatable bonds is 4. The van der Waals surface area contributed by atoms with Crippen molar-refractivity contribution in [1.82, 2.24) is 4.90 Å². The van der Waals surface area contributed by atoms with Gasteiger partial charge in [-0.15, -0.1) is 0 Å². The molecule has 1 rings (SSSR count). The first-order valence-electron chi connectivity index (χ1n) is 6.54. The maximum absolute atomic E-state index is 12.7. The number of amides is 2. The zero-order valence-corrected chi connectivity index (χ0v) is 12.4. The Balaban J connectivity index is 2.54. The average molecular weight is 280 g/mol. The van der Waals surface area contributed by atoms with Gasteiger partial charge in [0.1, 0.15) is 5.82 Å². The molecule has 0 aliphatic heterocycles. The number of halogens is 1. The molecule has 0 aromatic heterocycles. The Morgan fingerprint density at radius 3 is 2.20 bits per heavy atom. The van der Waals surface area contributed by atoms with Crippen LogP contribution in [0, 0.1) is 5.82 Å². The molecule has 0 heterocycles. The third-order valence-electron chi connectivity index (χ3n) is 2.88. The van der Waals surface area contributed by atoms with Crippen molar-refractivity contribution >= 4 is 17.5 Å². The molecule has 0 aliphatic rings. The molecule has 0 bridgehead atoms. The highest BCUT2D eigenvalue weighted by atomic mass is 19.1. The minimum Gasteiger partial charge on any atom is -0.338 e. The zero-order valence-electron chi connectivity index (χ0n) is 12.4. The molecule has 5 heteroatoms. The minimum atomic E-state index is -0.349. The van der Waals surface area contributed by atoms with E-state index in [0.29, 0.717) is 12.2 Å². The van der Waals surface area contributed by atoms with Gasteiger partial charge in [-0.2, -0.15) is 0 Å². The average Bonchev–Trinajstić information content (AvgIpc) is 2.30. The minimum absolute atomic E-state index is 0.0629. The summed E-state index contributed by atoms with van der Waals surface area (Å²) in [5.74, 6) is -0.613. The van der Waals surface area contributed by atoms with Crippen LogP contribution >= 0.6 is 0 Å². The van der Waals surface area contributed by atoms with Crippen LogP contribution in [0.25, 0.3) is 0 Å². The molecule has 1 N–H and O–H groups in total. The number of nitrogens with zero attached hydrogens (tertiary/aromatic N) is 1. The van der Waals surface area contributed by atoms with Gasteiger partial charge in [-0.05, 0) is 45.0 Å². The Morgan fingerprint density at radius 2 is 1.75 bits per heavy atom. The van der Waals surface area contributed by atoms with E-state index in [-0.39, 0.29) is 29.6 Å². The standard InChI is InChI=1S/C15H21FN2O2/c1-11(19)18(15(2,3)4)10-9-14(20)17-13-7-5-12(16)6-8-13/h5-8H,9-10H2,1-4H3,(H,17,20). The van der Waals surface area contributed by atoms with Gasteiger partial charge in [0.05, 0.1) is 0 Å². The zero-order chi connectivity index (χ0) is 15.3. The molecule has 110 valence electrons. The molecule has 0 atom stereocenters. The maximum Gasteiger partial charge on any atom is 0.226 e. The summed E-state index contributed by atoms with van der Waals surface area (Å²) in [7, 11) is 0. The van der Waals surface area contributed by atoms with Gasteiger partial charge in [-0.1, -0.05) is 0 Å². The van der Waals surface area contributed by atoms with E-state index in [9.17, 15) is 14.0 Å². The van der Waals surface area contributed by atoms with Gasteiger partial charge in [0.15, 0.2) is 0 Å². The monoisotopic (exact) mass is 280 g/mol. The highest BCUT2D eigenvalue weighted by molar-refractivity contribution is 5.91. The molecule has 0 aliphatic carbocycles. The molecule has 0 saturated carbocycles. The summed E-state index contributed by atoms with van der Waals surface area (Å²) in [6, 6.07) is 5.57. The van der Waals surface area contributed by atoms with E-state index in [1.165, 1.54) is 31.2 Å². The summed E-state index contributed by atoms with van der Waals surface area (Å²) in [5.41, 5.74) is 0.226.